The molecule has 1 heterocycles. The molecule has 1 aromatic heterocycles. The van der Waals surface area contributed by atoms with Crippen molar-refractivity contribution in [1.29, 1.82) is 0 Å². The maximum absolute atomic E-state index is 12.9. The topological polar surface area (TPSA) is 51.2 Å². The van der Waals surface area contributed by atoms with E-state index < -0.39 is 28.4 Å². The molecule has 0 atom stereocenters. The lowest BCUT2D eigenvalue weighted by Gasteiger charge is -2.13. The van der Waals surface area contributed by atoms with Gasteiger partial charge in [0.1, 0.15) is 17.5 Å². The average Bonchev–Trinajstić information content (AvgIpc) is 2.50. The number of carbonyl (C=O) groups excluding carboxylic acids is 1. The third-order valence-corrected chi connectivity index (χ3v) is 3.67. The molecule has 0 saturated carbocycles. The molecule has 128 valence electrons. The third-order valence-electron chi connectivity index (χ3n) is 2.89. The van der Waals surface area contributed by atoms with E-state index in [0.717, 1.165) is 10.7 Å². The van der Waals surface area contributed by atoms with Crippen LogP contribution in [-0.4, -0.2) is 24.0 Å². The van der Waals surface area contributed by atoms with Crippen molar-refractivity contribution in [3.05, 3.63) is 57.3 Å². The zero-order valence-electron chi connectivity index (χ0n) is 12.0. The van der Waals surface area contributed by atoms with Gasteiger partial charge in [-0.15, -0.1) is 0 Å². The highest BCUT2D eigenvalue weighted by atomic mass is 79.9. The van der Waals surface area contributed by atoms with Crippen LogP contribution in [0.2, 0.25) is 5.15 Å². The van der Waals surface area contributed by atoms with Gasteiger partial charge < -0.3 is 10.1 Å². The van der Waals surface area contributed by atoms with E-state index in [-0.39, 0.29) is 13.2 Å². The molecule has 2 rings (SSSR count). The minimum absolute atomic E-state index is 0.00780. The van der Waals surface area contributed by atoms with Crippen LogP contribution in [0.4, 0.5) is 13.2 Å². The van der Waals surface area contributed by atoms with Crippen LogP contribution in [-0.2, 0) is 6.18 Å². The van der Waals surface area contributed by atoms with Gasteiger partial charge in [-0.25, -0.2) is 4.98 Å². The lowest BCUT2D eigenvalue weighted by atomic mass is 10.1. The monoisotopic (exact) mass is 422 g/mol. The fraction of sp³-hybridized carbons (Fsp3) is 0.200. The number of halogens is 5. The van der Waals surface area contributed by atoms with E-state index in [0.29, 0.717) is 11.8 Å². The van der Waals surface area contributed by atoms with Gasteiger partial charge in [0, 0.05) is 10.7 Å². The summed E-state index contributed by atoms with van der Waals surface area (Å²) in [7, 11) is 0. The van der Waals surface area contributed by atoms with Crippen LogP contribution in [0.15, 0.2) is 41.0 Å². The van der Waals surface area contributed by atoms with Gasteiger partial charge in [0.15, 0.2) is 0 Å². The predicted molar refractivity (Wildman–Crippen MR) is 86.2 cm³/mol. The maximum atomic E-state index is 12.9. The van der Waals surface area contributed by atoms with Crippen molar-refractivity contribution in [3.63, 3.8) is 0 Å². The van der Waals surface area contributed by atoms with Gasteiger partial charge in [-0.05, 0) is 24.3 Å². The number of hydrogen-bond acceptors (Lipinski definition) is 3. The number of pyridine rings is 1. The van der Waals surface area contributed by atoms with Crippen molar-refractivity contribution >= 4 is 33.4 Å². The van der Waals surface area contributed by atoms with Crippen molar-refractivity contribution < 1.29 is 22.7 Å². The number of benzene rings is 1. The molecular weight excluding hydrogens is 413 g/mol. The highest BCUT2D eigenvalue weighted by Gasteiger charge is 2.36. The van der Waals surface area contributed by atoms with Gasteiger partial charge in [-0.1, -0.05) is 33.6 Å². The minimum Gasteiger partial charge on any atom is -0.492 e. The Hall–Kier alpha value is -1.80. The van der Waals surface area contributed by atoms with Crippen LogP contribution in [0.3, 0.4) is 0 Å². The van der Waals surface area contributed by atoms with Crippen LogP contribution in [0, 0.1) is 0 Å². The molecular formula is C15H11BrClF3N2O2. The summed E-state index contributed by atoms with van der Waals surface area (Å²) in [4.78, 5) is 15.5. The molecule has 0 saturated heterocycles. The number of carbonyl (C=O) groups is 1. The summed E-state index contributed by atoms with van der Waals surface area (Å²) < 4.78 is 45.0. The molecule has 0 spiro atoms. The summed E-state index contributed by atoms with van der Waals surface area (Å²) in [6.07, 6.45) is -3.80. The molecule has 0 aliphatic rings. The standard InChI is InChI=1S/C15H11BrClF3N2O2/c16-9-2-1-3-10(8-9)24-7-6-22-14(23)12-11(15(18,19)20)4-5-21-13(12)17/h1-5,8H,6-7H2,(H,22,23). The Kier molecular flexibility index (Phi) is 6.06. The molecule has 1 amide bonds. The summed E-state index contributed by atoms with van der Waals surface area (Å²) in [5, 5.41) is 1.83. The first kappa shape index (κ1) is 18.5. The number of amides is 1. The van der Waals surface area contributed by atoms with Crippen molar-refractivity contribution in [3.8, 4) is 5.75 Å². The van der Waals surface area contributed by atoms with Crippen LogP contribution in [0.5, 0.6) is 5.75 Å². The Morgan fingerprint density at radius 3 is 2.75 bits per heavy atom. The summed E-state index contributed by atoms with van der Waals surface area (Å²) in [5.74, 6) is -0.396. The third kappa shape index (κ3) is 4.85. The second-order valence-electron chi connectivity index (χ2n) is 4.58. The van der Waals surface area contributed by atoms with Gasteiger partial charge in [0.2, 0.25) is 0 Å². The molecule has 24 heavy (non-hydrogen) atoms. The molecule has 1 N–H and O–H groups in total. The molecule has 0 fully saturated rings. The second-order valence-corrected chi connectivity index (χ2v) is 5.86. The summed E-state index contributed by atoms with van der Waals surface area (Å²) in [6.45, 7) is 0.0926. The Bertz CT molecular complexity index is 741. The number of nitrogens with zero attached hydrogens (tertiary/aromatic N) is 1. The fourth-order valence-electron chi connectivity index (χ4n) is 1.87. The van der Waals surface area contributed by atoms with E-state index in [1.165, 1.54) is 0 Å². The summed E-state index contributed by atoms with van der Waals surface area (Å²) in [5.41, 5.74) is -1.83. The van der Waals surface area contributed by atoms with Crippen molar-refractivity contribution in [1.82, 2.24) is 10.3 Å². The predicted octanol–water partition coefficient (Wildman–Crippen LogP) is 4.33. The van der Waals surface area contributed by atoms with Crippen LogP contribution >= 0.6 is 27.5 Å². The Morgan fingerprint density at radius 2 is 2.08 bits per heavy atom. The smallest absolute Gasteiger partial charge is 0.417 e. The first-order valence-corrected chi connectivity index (χ1v) is 7.84. The second kappa shape index (κ2) is 7.85. The van der Waals surface area contributed by atoms with Crippen LogP contribution in [0.25, 0.3) is 0 Å². The van der Waals surface area contributed by atoms with E-state index >= 15 is 0 Å². The number of nitrogens with one attached hydrogen (secondary N) is 1. The average molecular weight is 424 g/mol. The van der Waals surface area contributed by atoms with Crippen molar-refractivity contribution in [2.24, 2.45) is 0 Å². The normalized spacial score (nSPS) is 11.2. The van der Waals surface area contributed by atoms with Gasteiger partial charge in [0.25, 0.3) is 5.91 Å². The highest BCUT2D eigenvalue weighted by molar-refractivity contribution is 9.10. The van der Waals surface area contributed by atoms with Crippen molar-refractivity contribution in [2.45, 2.75) is 6.18 Å². The van der Waals surface area contributed by atoms with Gasteiger partial charge in [0.05, 0.1) is 17.7 Å². The molecule has 0 unspecified atom stereocenters. The lowest BCUT2D eigenvalue weighted by Crippen LogP contribution is -2.30. The molecule has 9 heteroatoms. The number of hydrogen-bond donors (Lipinski definition) is 1. The first-order valence-electron chi connectivity index (χ1n) is 6.67. The van der Waals surface area contributed by atoms with Gasteiger partial charge in [-0.2, -0.15) is 13.2 Å². The SMILES string of the molecule is O=C(NCCOc1cccc(Br)c1)c1c(C(F)(F)F)ccnc1Cl. The molecule has 0 bridgehead atoms. The molecule has 2 aromatic rings. The molecule has 0 aliphatic heterocycles. The van der Waals surface area contributed by atoms with E-state index in [4.69, 9.17) is 16.3 Å². The van der Waals surface area contributed by atoms with E-state index in [9.17, 15) is 18.0 Å². The molecule has 0 aliphatic carbocycles. The highest BCUT2D eigenvalue weighted by Crippen LogP contribution is 2.33. The fourth-order valence-corrected chi connectivity index (χ4v) is 2.49. The number of ether oxygens (including phenoxy) is 1. The van der Waals surface area contributed by atoms with E-state index in [1.54, 1.807) is 18.2 Å². The maximum Gasteiger partial charge on any atom is 0.417 e. The van der Waals surface area contributed by atoms with Gasteiger partial charge >= 0.3 is 6.18 Å². The van der Waals surface area contributed by atoms with Crippen molar-refractivity contribution in [2.75, 3.05) is 13.2 Å². The number of alkyl halides is 3. The van der Waals surface area contributed by atoms with Gasteiger partial charge in [-0.3, -0.25) is 4.79 Å². The number of rotatable bonds is 5. The Balaban J connectivity index is 1.98. The van der Waals surface area contributed by atoms with Crippen LogP contribution < -0.4 is 10.1 Å². The largest absolute Gasteiger partial charge is 0.492 e. The first-order chi connectivity index (χ1) is 11.3. The Morgan fingerprint density at radius 1 is 1.33 bits per heavy atom. The van der Waals surface area contributed by atoms with E-state index in [2.05, 4.69) is 26.2 Å². The zero-order chi connectivity index (χ0) is 17.7. The molecule has 1 aromatic carbocycles. The number of aromatic nitrogens is 1. The summed E-state index contributed by atoms with van der Waals surface area (Å²) in [6, 6.07) is 7.73. The Labute approximate surface area is 149 Å². The van der Waals surface area contributed by atoms with E-state index in [1.807, 2.05) is 6.07 Å². The molecule has 0 radical (unpaired) electrons. The lowest BCUT2D eigenvalue weighted by molar-refractivity contribution is -0.138. The quantitative estimate of drug-likeness (QED) is 0.575. The van der Waals surface area contributed by atoms with Crippen LogP contribution in [0.1, 0.15) is 15.9 Å². The zero-order valence-corrected chi connectivity index (χ0v) is 14.4. The summed E-state index contributed by atoms with van der Waals surface area (Å²) >= 11 is 8.93. The minimum atomic E-state index is -4.70. The molecule has 4 nitrogen and oxygen atoms in total.